The lowest BCUT2D eigenvalue weighted by molar-refractivity contribution is 0.147. The van der Waals surface area contributed by atoms with Gasteiger partial charge in [-0.15, -0.1) is 0 Å². The predicted molar refractivity (Wildman–Crippen MR) is 84.4 cm³/mol. The van der Waals surface area contributed by atoms with Crippen molar-refractivity contribution in [3.05, 3.63) is 69.2 Å². The zero-order valence-corrected chi connectivity index (χ0v) is 12.7. The van der Waals surface area contributed by atoms with E-state index in [1.165, 1.54) is 0 Å². The third kappa shape index (κ3) is 3.15. The molecule has 0 spiro atoms. The first-order valence-electron chi connectivity index (χ1n) is 6.43. The van der Waals surface area contributed by atoms with Gasteiger partial charge in [0, 0.05) is 28.1 Å². The minimum Gasteiger partial charge on any atom is -0.388 e. The van der Waals surface area contributed by atoms with Crippen LogP contribution in [0.25, 0.3) is 0 Å². The SMILES string of the molecule is Cc1cccc(C(O)C(CN)c2cccc(Cl)c2)c1Cl. The van der Waals surface area contributed by atoms with Crippen LogP contribution in [0.1, 0.15) is 28.7 Å². The van der Waals surface area contributed by atoms with Gasteiger partial charge in [-0.2, -0.15) is 0 Å². The van der Waals surface area contributed by atoms with Crippen molar-refractivity contribution in [2.24, 2.45) is 5.73 Å². The van der Waals surface area contributed by atoms with Crippen LogP contribution in [-0.4, -0.2) is 11.7 Å². The standard InChI is InChI=1S/C16H17Cl2NO/c1-10-4-2-7-13(15(10)18)16(20)14(9-19)11-5-3-6-12(17)8-11/h2-8,14,16,20H,9,19H2,1H3. The molecule has 0 saturated carbocycles. The molecule has 2 rings (SSSR count). The highest BCUT2D eigenvalue weighted by Crippen LogP contribution is 2.35. The number of halogens is 2. The molecule has 0 aliphatic heterocycles. The number of rotatable bonds is 4. The summed E-state index contributed by atoms with van der Waals surface area (Å²) in [6.45, 7) is 2.22. The highest BCUT2D eigenvalue weighted by molar-refractivity contribution is 6.32. The smallest absolute Gasteiger partial charge is 0.0885 e. The molecule has 4 heteroatoms. The lowest BCUT2D eigenvalue weighted by Gasteiger charge is -2.23. The van der Waals surface area contributed by atoms with E-state index in [0.29, 0.717) is 22.2 Å². The van der Waals surface area contributed by atoms with E-state index in [0.717, 1.165) is 11.1 Å². The largest absolute Gasteiger partial charge is 0.388 e. The van der Waals surface area contributed by atoms with E-state index in [2.05, 4.69) is 0 Å². The Bertz CT molecular complexity index is 601. The maximum atomic E-state index is 10.6. The summed E-state index contributed by atoms with van der Waals surface area (Å²) in [5, 5.41) is 11.8. The summed E-state index contributed by atoms with van der Waals surface area (Å²) in [6, 6.07) is 13.0. The van der Waals surface area contributed by atoms with E-state index >= 15 is 0 Å². The molecule has 2 nitrogen and oxygen atoms in total. The number of benzene rings is 2. The minimum atomic E-state index is -0.758. The number of aliphatic hydroxyl groups excluding tert-OH is 1. The van der Waals surface area contributed by atoms with Crippen LogP contribution in [0, 0.1) is 6.92 Å². The molecule has 2 aromatic carbocycles. The molecular weight excluding hydrogens is 293 g/mol. The minimum absolute atomic E-state index is 0.243. The van der Waals surface area contributed by atoms with Crippen molar-refractivity contribution >= 4 is 23.2 Å². The fourth-order valence-electron chi connectivity index (χ4n) is 2.30. The average Bonchev–Trinajstić information content (AvgIpc) is 2.42. The summed E-state index contributed by atoms with van der Waals surface area (Å²) >= 11 is 12.3. The Morgan fingerprint density at radius 2 is 1.85 bits per heavy atom. The molecule has 3 N–H and O–H groups in total. The van der Waals surface area contributed by atoms with E-state index < -0.39 is 6.10 Å². The zero-order valence-electron chi connectivity index (χ0n) is 11.2. The van der Waals surface area contributed by atoms with Gasteiger partial charge in [-0.3, -0.25) is 0 Å². The molecule has 2 atom stereocenters. The van der Waals surface area contributed by atoms with Gasteiger partial charge in [-0.25, -0.2) is 0 Å². The summed E-state index contributed by atoms with van der Waals surface area (Å²) in [4.78, 5) is 0. The van der Waals surface area contributed by atoms with Crippen molar-refractivity contribution in [3.63, 3.8) is 0 Å². The maximum absolute atomic E-state index is 10.6. The fraction of sp³-hybridized carbons (Fsp3) is 0.250. The molecule has 20 heavy (non-hydrogen) atoms. The summed E-state index contributed by atoms with van der Waals surface area (Å²) in [5.74, 6) is -0.243. The van der Waals surface area contributed by atoms with Crippen LogP contribution in [0.5, 0.6) is 0 Å². The number of aliphatic hydroxyl groups is 1. The Hall–Kier alpha value is -1.06. The van der Waals surface area contributed by atoms with Gasteiger partial charge < -0.3 is 10.8 Å². The molecule has 2 aromatic rings. The molecule has 0 heterocycles. The maximum Gasteiger partial charge on any atom is 0.0885 e. The molecule has 0 amide bonds. The topological polar surface area (TPSA) is 46.2 Å². The van der Waals surface area contributed by atoms with Crippen molar-refractivity contribution in [1.82, 2.24) is 0 Å². The van der Waals surface area contributed by atoms with Crippen LogP contribution in [0.15, 0.2) is 42.5 Å². The van der Waals surface area contributed by atoms with Gasteiger partial charge in [-0.1, -0.05) is 53.5 Å². The quantitative estimate of drug-likeness (QED) is 0.894. The van der Waals surface area contributed by atoms with E-state index in [1.54, 1.807) is 6.07 Å². The second-order valence-corrected chi connectivity index (χ2v) is 5.63. The summed E-state index contributed by atoms with van der Waals surface area (Å²) in [6.07, 6.45) is -0.758. The Balaban J connectivity index is 2.39. The van der Waals surface area contributed by atoms with E-state index in [-0.39, 0.29) is 5.92 Å². The highest BCUT2D eigenvalue weighted by Gasteiger charge is 2.24. The van der Waals surface area contributed by atoms with Crippen molar-refractivity contribution in [1.29, 1.82) is 0 Å². The number of hydrogen-bond donors (Lipinski definition) is 2. The lowest BCUT2D eigenvalue weighted by Crippen LogP contribution is -2.20. The second kappa shape index (κ2) is 6.59. The summed E-state index contributed by atoms with van der Waals surface area (Å²) in [7, 11) is 0. The third-order valence-electron chi connectivity index (χ3n) is 3.45. The van der Waals surface area contributed by atoms with Crippen LogP contribution < -0.4 is 5.73 Å². The normalized spacial score (nSPS) is 14.1. The van der Waals surface area contributed by atoms with Crippen LogP contribution in [0.2, 0.25) is 10.0 Å². The van der Waals surface area contributed by atoms with Crippen LogP contribution in [0.4, 0.5) is 0 Å². The van der Waals surface area contributed by atoms with E-state index in [4.69, 9.17) is 28.9 Å². The Labute approximate surface area is 129 Å². The van der Waals surface area contributed by atoms with Gasteiger partial charge in [0.2, 0.25) is 0 Å². The molecule has 2 unspecified atom stereocenters. The molecule has 0 bridgehead atoms. The zero-order chi connectivity index (χ0) is 14.7. The van der Waals surface area contributed by atoms with Gasteiger partial charge in [0.25, 0.3) is 0 Å². The molecule has 0 radical (unpaired) electrons. The Morgan fingerprint density at radius 1 is 1.15 bits per heavy atom. The molecule has 0 aromatic heterocycles. The molecule has 0 aliphatic carbocycles. The van der Waals surface area contributed by atoms with Crippen molar-refractivity contribution in [3.8, 4) is 0 Å². The number of nitrogens with two attached hydrogens (primary N) is 1. The highest BCUT2D eigenvalue weighted by atomic mass is 35.5. The van der Waals surface area contributed by atoms with E-state index in [1.807, 2.05) is 43.3 Å². The molecule has 0 saturated heterocycles. The molecule has 0 fully saturated rings. The molecule has 0 aliphatic rings. The van der Waals surface area contributed by atoms with Crippen LogP contribution >= 0.6 is 23.2 Å². The Morgan fingerprint density at radius 3 is 2.50 bits per heavy atom. The van der Waals surface area contributed by atoms with Crippen molar-refractivity contribution < 1.29 is 5.11 Å². The van der Waals surface area contributed by atoms with E-state index in [9.17, 15) is 5.11 Å². The second-order valence-electron chi connectivity index (χ2n) is 4.82. The molecular formula is C16H17Cl2NO. The van der Waals surface area contributed by atoms with Crippen LogP contribution in [-0.2, 0) is 0 Å². The van der Waals surface area contributed by atoms with Crippen molar-refractivity contribution in [2.45, 2.75) is 18.9 Å². The third-order valence-corrected chi connectivity index (χ3v) is 4.20. The van der Waals surface area contributed by atoms with Gasteiger partial charge >= 0.3 is 0 Å². The number of hydrogen-bond acceptors (Lipinski definition) is 2. The fourth-order valence-corrected chi connectivity index (χ4v) is 2.74. The molecule has 106 valence electrons. The first-order chi connectivity index (χ1) is 9.54. The summed E-state index contributed by atoms with van der Waals surface area (Å²) < 4.78 is 0. The summed E-state index contributed by atoms with van der Waals surface area (Å²) in [5.41, 5.74) is 8.37. The predicted octanol–water partition coefficient (Wildman–Crippen LogP) is 4.08. The van der Waals surface area contributed by atoms with Gasteiger partial charge in [0.05, 0.1) is 6.10 Å². The van der Waals surface area contributed by atoms with Crippen molar-refractivity contribution in [2.75, 3.05) is 6.54 Å². The Kier molecular flexibility index (Phi) is 5.06. The number of aryl methyl sites for hydroxylation is 1. The monoisotopic (exact) mass is 309 g/mol. The van der Waals surface area contributed by atoms with Crippen LogP contribution in [0.3, 0.4) is 0 Å². The van der Waals surface area contributed by atoms with Gasteiger partial charge in [0.1, 0.15) is 0 Å². The van der Waals surface area contributed by atoms with Gasteiger partial charge in [0.15, 0.2) is 0 Å². The first kappa shape index (κ1) is 15.3. The lowest BCUT2D eigenvalue weighted by atomic mass is 9.88. The van der Waals surface area contributed by atoms with Gasteiger partial charge in [-0.05, 0) is 30.2 Å². The first-order valence-corrected chi connectivity index (χ1v) is 7.18. The average molecular weight is 310 g/mol.